The Hall–Kier alpha value is -2.17. The molecule has 0 spiro atoms. The first-order valence-corrected chi connectivity index (χ1v) is 8.73. The van der Waals surface area contributed by atoms with Crippen molar-refractivity contribution in [3.63, 3.8) is 0 Å². The van der Waals surface area contributed by atoms with E-state index in [4.69, 9.17) is 4.74 Å². The van der Waals surface area contributed by atoms with E-state index >= 15 is 0 Å². The van der Waals surface area contributed by atoms with Crippen LogP contribution in [0, 0.1) is 5.82 Å². The van der Waals surface area contributed by atoms with Gasteiger partial charge in [-0.2, -0.15) is 0 Å². The van der Waals surface area contributed by atoms with Crippen molar-refractivity contribution in [2.45, 2.75) is 17.4 Å². The molecule has 0 aliphatic heterocycles. The van der Waals surface area contributed by atoms with Crippen molar-refractivity contribution >= 4 is 10.0 Å². The lowest BCUT2D eigenvalue weighted by Crippen LogP contribution is -2.29. The van der Waals surface area contributed by atoms with Gasteiger partial charge in [-0.3, -0.25) is 0 Å². The molecular formula is C16H15F4NO4S. The van der Waals surface area contributed by atoms with Crippen LogP contribution in [0.25, 0.3) is 0 Å². The smallest absolute Gasteiger partial charge is 0.406 e. The fraction of sp³-hybridized carbons (Fsp3) is 0.250. The maximum absolute atomic E-state index is 13.3. The van der Waals surface area contributed by atoms with Gasteiger partial charge in [0.05, 0.1) is 11.0 Å². The van der Waals surface area contributed by atoms with E-state index in [-0.39, 0.29) is 11.4 Å². The molecule has 0 unspecified atom stereocenters. The van der Waals surface area contributed by atoms with Gasteiger partial charge in [-0.05, 0) is 42.0 Å². The van der Waals surface area contributed by atoms with Gasteiger partial charge in [0.15, 0.2) is 0 Å². The molecule has 0 amide bonds. The van der Waals surface area contributed by atoms with Crippen molar-refractivity contribution in [2.75, 3.05) is 13.7 Å². The summed E-state index contributed by atoms with van der Waals surface area (Å²) < 4.78 is 85.2. The number of methoxy groups -OCH3 is 1. The molecule has 2 rings (SSSR count). The van der Waals surface area contributed by atoms with Gasteiger partial charge in [-0.1, -0.05) is 12.1 Å². The zero-order valence-electron chi connectivity index (χ0n) is 13.5. The lowest BCUT2D eigenvalue weighted by atomic mass is 10.1. The highest BCUT2D eigenvalue weighted by molar-refractivity contribution is 7.89. The summed E-state index contributed by atoms with van der Waals surface area (Å²) in [4.78, 5) is -0.249. The van der Waals surface area contributed by atoms with Crippen LogP contribution in [0.2, 0.25) is 0 Å². The van der Waals surface area contributed by atoms with Crippen molar-refractivity contribution < 1.29 is 35.5 Å². The summed E-state index contributed by atoms with van der Waals surface area (Å²) in [6.07, 6.45) is -5.61. The number of halogens is 4. The number of rotatable bonds is 7. The Morgan fingerprint density at radius 1 is 1.12 bits per heavy atom. The van der Waals surface area contributed by atoms with Crippen LogP contribution in [0.15, 0.2) is 53.4 Å². The summed E-state index contributed by atoms with van der Waals surface area (Å²) in [6.45, 7) is -0.191. The van der Waals surface area contributed by atoms with Crippen molar-refractivity contribution in [1.29, 1.82) is 0 Å². The molecule has 0 aliphatic carbocycles. The minimum absolute atomic E-state index is 0.191. The summed E-state index contributed by atoms with van der Waals surface area (Å²) in [7, 11) is -2.66. The molecule has 0 aromatic heterocycles. The van der Waals surface area contributed by atoms with Gasteiger partial charge in [0.2, 0.25) is 10.0 Å². The molecule has 2 aromatic carbocycles. The van der Waals surface area contributed by atoms with Crippen molar-refractivity contribution in [2.24, 2.45) is 0 Å². The van der Waals surface area contributed by atoms with Gasteiger partial charge in [0.25, 0.3) is 0 Å². The first-order chi connectivity index (χ1) is 12.1. The van der Waals surface area contributed by atoms with Gasteiger partial charge in [0, 0.05) is 13.7 Å². The third-order valence-corrected chi connectivity index (χ3v) is 4.77. The highest BCUT2D eigenvalue weighted by Crippen LogP contribution is 2.24. The van der Waals surface area contributed by atoms with Crippen LogP contribution >= 0.6 is 0 Å². The van der Waals surface area contributed by atoms with E-state index in [0.717, 1.165) is 24.3 Å². The summed E-state index contributed by atoms with van der Waals surface area (Å²) in [5, 5.41) is 0. The Bertz CT molecular complexity index is 838. The molecule has 1 atom stereocenters. The topological polar surface area (TPSA) is 64.6 Å². The van der Waals surface area contributed by atoms with Crippen LogP contribution in [-0.4, -0.2) is 28.4 Å². The summed E-state index contributed by atoms with van der Waals surface area (Å²) >= 11 is 0. The van der Waals surface area contributed by atoms with Gasteiger partial charge in [0.1, 0.15) is 11.6 Å². The lowest BCUT2D eigenvalue weighted by molar-refractivity contribution is -0.274. The van der Waals surface area contributed by atoms with E-state index in [1.54, 1.807) is 6.07 Å². The standard InChI is InChI=1S/C16H15F4NO4S/c1-24-15(11-3-2-4-12(17)9-11)10-21-26(22,23)14-7-5-13(6-8-14)25-16(18,19)20/h2-9,15,21H,10H2,1H3/t15-/m1/s1. The maximum atomic E-state index is 13.3. The lowest BCUT2D eigenvalue weighted by Gasteiger charge is -2.17. The minimum Gasteiger partial charge on any atom is -0.406 e. The minimum atomic E-state index is -4.87. The second-order valence-corrected chi connectivity index (χ2v) is 6.92. The molecule has 0 fully saturated rings. The first-order valence-electron chi connectivity index (χ1n) is 7.24. The Morgan fingerprint density at radius 2 is 1.77 bits per heavy atom. The van der Waals surface area contributed by atoms with E-state index in [1.807, 2.05) is 0 Å². The van der Waals surface area contributed by atoms with E-state index in [9.17, 15) is 26.0 Å². The fourth-order valence-electron chi connectivity index (χ4n) is 2.13. The number of hydrogen-bond donors (Lipinski definition) is 1. The van der Waals surface area contributed by atoms with Crippen LogP contribution in [-0.2, 0) is 14.8 Å². The van der Waals surface area contributed by atoms with E-state index < -0.39 is 34.1 Å². The van der Waals surface area contributed by atoms with Crippen molar-refractivity contribution in [3.05, 3.63) is 59.9 Å². The number of ether oxygens (including phenoxy) is 2. The summed E-state index contributed by atoms with van der Waals surface area (Å²) in [5.41, 5.74) is 0.434. The predicted molar refractivity (Wildman–Crippen MR) is 84.5 cm³/mol. The molecule has 0 heterocycles. The van der Waals surface area contributed by atoms with E-state index in [0.29, 0.717) is 5.56 Å². The van der Waals surface area contributed by atoms with Crippen molar-refractivity contribution in [1.82, 2.24) is 4.72 Å². The number of benzene rings is 2. The fourth-order valence-corrected chi connectivity index (χ4v) is 3.17. The number of hydrogen-bond acceptors (Lipinski definition) is 4. The molecule has 0 saturated heterocycles. The van der Waals surface area contributed by atoms with E-state index in [1.165, 1.54) is 25.3 Å². The van der Waals surface area contributed by atoms with Gasteiger partial charge in [-0.15, -0.1) is 13.2 Å². The molecular weight excluding hydrogens is 378 g/mol. The average Bonchev–Trinajstić information content (AvgIpc) is 2.54. The summed E-state index contributed by atoms with van der Waals surface area (Å²) in [5.74, 6) is -1.03. The van der Waals surface area contributed by atoms with E-state index in [2.05, 4.69) is 9.46 Å². The molecule has 142 valence electrons. The Morgan fingerprint density at radius 3 is 2.31 bits per heavy atom. The molecule has 26 heavy (non-hydrogen) atoms. The zero-order chi connectivity index (χ0) is 19.4. The van der Waals surface area contributed by atoms with Crippen molar-refractivity contribution in [3.8, 4) is 5.75 Å². The molecule has 2 aromatic rings. The zero-order valence-corrected chi connectivity index (χ0v) is 14.3. The normalized spacial score (nSPS) is 13.4. The Kier molecular flexibility index (Phi) is 6.21. The molecule has 0 aliphatic rings. The van der Waals surface area contributed by atoms with Crippen LogP contribution in [0.4, 0.5) is 17.6 Å². The van der Waals surface area contributed by atoms with Crippen LogP contribution in [0.1, 0.15) is 11.7 Å². The van der Waals surface area contributed by atoms with Gasteiger partial charge in [-0.25, -0.2) is 17.5 Å². The van der Waals surface area contributed by atoms with Gasteiger partial charge < -0.3 is 9.47 Å². The second kappa shape index (κ2) is 8.02. The number of alkyl halides is 3. The largest absolute Gasteiger partial charge is 0.573 e. The monoisotopic (exact) mass is 393 g/mol. The number of nitrogens with one attached hydrogen (secondary N) is 1. The molecule has 0 bridgehead atoms. The highest BCUT2D eigenvalue weighted by atomic mass is 32.2. The molecule has 1 N–H and O–H groups in total. The predicted octanol–water partition coefficient (Wildman–Crippen LogP) is 3.39. The SMILES string of the molecule is CO[C@H](CNS(=O)(=O)c1ccc(OC(F)(F)F)cc1)c1cccc(F)c1. The second-order valence-electron chi connectivity index (χ2n) is 5.15. The first kappa shape index (κ1) is 20.1. The molecule has 0 saturated carbocycles. The Balaban J connectivity index is 2.08. The number of sulfonamides is 1. The Labute approximate surface area is 147 Å². The van der Waals surface area contributed by atoms with Gasteiger partial charge >= 0.3 is 6.36 Å². The molecule has 0 radical (unpaired) electrons. The van der Waals surface area contributed by atoms with Crippen LogP contribution in [0.5, 0.6) is 5.75 Å². The molecule has 10 heteroatoms. The third kappa shape index (κ3) is 5.68. The summed E-state index contributed by atoms with van der Waals surface area (Å²) in [6, 6.07) is 9.24. The molecule has 5 nitrogen and oxygen atoms in total. The highest BCUT2D eigenvalue weighted by Gasteiger charge is 2.31. The maximum Gasteiger partial charge on any atom is 0.573 e. The third-order valence-electron chi connectivity index (χ3n) is 3.33. The van der Waals surface area contributed by atoms with Crippen LogP contribution in [0.3, 0.4) is 0 Å². The van der Waals surface area contributed by atoms with Crippen LogP contribution < -0.4 is 9.46 Å². The average molecular weight is 393 g/mol. The quantitative estimate of drug-likeness (QED) is 0.733.